The summed E-state index contributed by atoms with van der Waals surface area (Å²) in [6, 6.07) is 5.81. The molecule has 7 rings (SSSR count). The third kappa shape index (κ3) is 3.53. The second-order valence-electron chi connectivity index (χ2n) is 11.9. The minimum Gasteiger partial charge on any atom is -0.508 e. The summed E-state index contributed by atoms with van der Waals surface area (Å²) < 4.78 is 1.78. The highest BCUT2D eigenvalue weighted by atomic mass is 16.3. The number of phenols is 1. The Labute approximate surface area is 206 Å². The number of aromatic nitrogens is 2. The average Bonchev–Trinajstić information content (AvgIpc) is 3.76. The molecule has 2 aromatic rings. The van der Waals surface area contributed by atoms with Gasteiger partial charge in [-0.15, -0.1) is 0 Å². The van der Waals surface area contributed by atoms with Crippen LogP contribution in [0.5, 0.6) is 5.75 Å². The zero-order chi connectivity index (χ0) is 23.8. The van der Waals surface area contributed by atoms with E-state index in [1.807, 2.05) is 23.4 Å². The summed E-state index contributed by atoms with van der Waals surface area (Å²) in [5, 5.41) is 27.4. The van der Waals surface area contributed by atoms with Crippen LogP contribution in [0.2, 0.25) is 0 Å². The molecule has 4 fully saturated rings. The molecule has 7 heteroatoms. The van der Waals surface area contributed by atoms with E-state index in [4.69, 9.17) is 0 Å². The van der Waals surface area contributed by atoms with Gasteiger partial charge in [0, 0.05) is 37.3 Å². The molecule has 2 aliphatic heterocycles. The SMILES string of the molecule is O=C(Cn1cc(C2CC2)cn1)N1CCC23CCN(CC4CC4)C(Cc4ccc(O)cc42)C3(O)CC1. The predicted molar refractivity (Wildman–Crippen MR) is 131 cm³/mol. The molecule has 186 valence electrons. The second kappa shape index (κ2) is 7.81. The molecule has 2 saturated heterocycles. The van der Waals surface area contributed by atoms with Crippen LogP contribution in [-0.2, 0) is 23.2 Å². The second-order valence-corrected chi connectivity index (χ2v) is 11.9. The van der Waals surface area contributed by atoms with Crippen molar-refractivity contribution in [3.05, 3.63) is 47.3 Å². The van der Waals surface area contributed by atoms with E-state index >= 15 is 0 Å². The Morgan fingerprint density at radius 2 is 1.89 bits per heavy atom. The highest BCUT2D eigenvalue weighted by Gasteiger charge is 2.63. The zero-order valence-corrected chi connectivity index (χ0v) is 20.4. The molecule has 7 nitrogen and oxygen atoms in total. The van der Waals surface area contributed by atoms with Crippen molar-refractivity contribution in [1.82, 2.24) is 19.6 Å². The number of hydrogen-bond acceptors (Lipinski definition) is 5. The van der Waals surface area contributed by atoms with Gasteiger partial charge in [-0.1, -0.05) is 6.07 Å². The third-order valence-corrected chi connectivity index (χ3v) is 9.78. The first-order valence-electron chi connectivity index (χ1n) is 13.5. The Morgan fingerprint density at radius 1 is 1.09 bits per heavy atom. The molecule has 1 aromatic heterocycles. The van der Waals surface area contributed by atoms with Crippen molar-refractivity contribution in [3.63, 3.8) is 0 Å². The van der Waals surface area contributed by atoms with E-state index in [-0.39, 0.29) is 24.2 Å². The lowest BCUT2D eigenvalue weighted by Gasteiger charge is -2.61. The summed E-state index contributed by atoms with van der Waals surface area (Å²) in [5.41, 5.74) is 2.28. The molecule has 0 spiro atoms. The van der Waals surface area contributed by atoms with E-state index < -0.39 is 11.0 Å². The lowest BCUT2D eigenvalue weighted by atomic mass is 9.52. The van der Waals surface area contributed by atoms with Gasteiger partial charge in [0.25, 0.3) is 0 Å². The van der Waals surface area contributed by atoms with Crippen LogP contribution in [0.15, 0.2) is 30.6 Å². The molecule has 2 N–H and O–H groups in total. The Balaban J connectivity index is 1.18. The topological polar surface area (TPSA) is 81.8 Å². The quantitative estimate of drug-likeness (QED) is 0.694. The fourth-order valence-corrected chi connectivity index (χ4v) is 7.45. The van der Waals surface area contributed by atoms with Gasteiger partial charge in [-0.25, -0.2) is 0 Å². The van der Waals surface area contributed by atoms with Crippen molar-refractivity contribution in [1.29, 1.82) is 0 Å². The molecule has 2 saturated carbocycles. The number of phenolic OH excluding ortho intramolecular Hbond substituents is 1. The maximum Gasteiger partial charge on any atom is 0.244 e. The van der Waals surface area contributed by atoms with E-state index in [9.17, 15) is 15.0 Å². The number of likely N-dealkylation sites (tertiary alicyclic amines) is 2. The number of benzene rings is 1. The van der Waals surface area contributed by atoms with Crippen LogP contribution in [0.3, 0.4) is 0 Å². The van der Waals surface area contributed by atoms with Gasteiger partial charge in [0.2, 0.25) is 5.91 Å². The molecule has 3 atom stereocenters. The zero-order valence-electron chi connectivity index (χ0n) is 20.4. The first-order valence-corrected chi connectivity index (χ1v) is 13.5. The summed E-state index contributed by atoms with van der Waals surface area (Å²) in [5.74, 6) is 1.74. The summed E-state index contributed by atoms with van der Waals surface area (Å²) in [6.07, 6.45) is 12.0. The Bertz CT molecular complexity index is 1150. The Morgan fingerprint density at radius 3 is 2.69 bits per heavy atom. The van der Waals surface area contributed by atoms with Crippen LogP contribution in [0, 0.1) is 5.92 Å². The van der Waals surface area contributed by atoms with Crippen LogP contribution in [0.1, 0.15) is 67.6 Å². The maximum absolute atomic E-state index is 13.4. The summed E-state index contributed by atoms with van der Waals surface area (Å²) in [7, 11) is 0. The van der Waals surface area contributed by atoms with Crippen LogP contribution in [-0.4, -0.2) is 73.5 Å². The van der Waals surface area contributed by atoms with E-state index in [1.165, 1.54) is 36.8 Å². The van der Waals surface area contributed by atoms with Gasteiger partial charge in [-0.05, 0) is 98.6 Å². The number of hydrogen-bond donors (Lipinski definition) is 2. The van der Waals surface area contributed by atoms with Crippen molar-refractivity contribution in [2.45, 2.75) is 80.9 Å². The van der Waals surface area contributed by atoms with E-state index in [0.29, 0.717) is 25.4 Å². The highest BCUT2D eigenvalue weighted by Crippen LogP contribution is 2.56. The fraction of sp³-hybridized carbons (Fsp3) is 0.643. The molecular formula is C28H36N4O3. The number of amides is 1. The number of nitrogens with zero attached hydrogens (tertiary/aromatic N) is 4. The number of carbonyl (C=O) groups is 1. The molecule has 35 heavy (non-hydrogen) atoms. The summed E-state index contributed by atoms with van der Waals surface area (Å²) in [6.45, 7) is 3.50. The van der Waals surface area contributed by atoms with Gasteiger partial charge in [-0.3, -0.25) is 14.4 Å². The minimum atomic E-state index is -0.902. The van der Waals surface area contributed by atoms with Crippen molar-refractivity contribution in [2.24, 2.45) is 5.92 Å². The van der Waals surface area contributed by atoms with E-state index in [0.717, 1.165) is 43.8 Å². The number of aliphatic hydroxyl groups is 1. The first-order chi connectivity index (χ1) is 16.9. The lowest BCUT2D eigenvalue weighted by molar-refractivity contribution is -0.149. The lowest BCUT2D eigenvalue weighted by Crippen LogP contribution is -2.71. The number of fused-ring (bicyclic) bond motifs is 1. The molecule has 0 radical (unpaired) electrons. The van der Waals surface area contributed by atoms with Crippen LogP contribution in [0.25, 0.3) is 0 Å². The van der Waals surface area contributed by atoms with Gasteiger partial charge >= 0.3 is 0 Å². The van der Waals surface area contributed by atoms with E-state index in [1.54, 1.807) is 10.7 Å². The van der Waals surface area contributed by atoms with Crippen LogP contribution in [0.4, 0.5) is 0 Å². The minimum absolute atomic E-state index is 0.0659. The van der Waals surface area contributed by atoms with Crippen molar-refractivity contribution < 1.29 is 15.0 Å². The summed E-state index contributed by atoms with van der Waals surface area (Å²) >= 11 is 0. The number of rotatable bonds is 5. The number of piperidine rings is 1. The molecule has 1 aromatic carbocycles. The Hall–Kier alpha value is -2.38. The van der Waals surface area contributed by atoms with Gasteiger partial charge in [-0.2, -0.15) is 5.10 Å². The molecule has 1 amide bonds. The van der Waals surface area contributed by atoms with Crippen molar-refractivity contribution in [2.75, 3.05) is 26.2 Å². The third-order valence-electron chi connectivity index (χ3n) is 9.78. The molecule has 2 bridgehead atoms. The monoisotopic (exact) mass is 476 g/mol. The van der Waals surface area contributed by atoms with Crippen molar-refractivity contribution in [3.8, 4) is 5.75 Å². The van der Waals surface area contributed by atoms with Gasteiger partial charge < -0.3 is 15.1 Å². The first kappa shape index (κ1) is 21.9. The largest absolute Gasteiger partial charge is 0.508 e. The molecule has 5 aliphatic rings. The predicted octanol–water partition coefficient (Wildman–Crippen LogP) is 2.80. The fourth-order valence-electron chi connectivity index (χ4n) is 7.45. The molecule has 3 heterocycles. The van der Waals surface area contributed by atoms with Gasteiger partial charge in [0.1, 0.15) is 12.3 Å². The van der Waals surface area contributed by atoms with E-state index in [2.05, 4.69) is 16.1 Å². The Kier molecular flexibility index (Phi) is 4.88. The van der Waals surface area contributed by atoms with Crippen molar-refractivity contribution >= 4 is 5.91 Å². The van der Waals surface area contributed by atoms with Gasteiger partial charge in [0.05, 0.1) is 11.8 Å². The molecular weight excluding hydrogens is 440 g/mol. The standard InChI is InChI=1S/C28H36N4O3/c33-23-6-5-21-13-25-28(35)9-12-30(26(34)18-32-17-22(15-29-32)20-3-4-20)10-7-27(28,24(21)14-23)8-11-31(25)16-19-1-2-19/h5-6,14-15,17,19-20,25,33,35H,1-4,7-13,16,18H2. The smallest absolute Gasteiger partial charge is 0.244 e. The summed E-state index contributed by atoms with van der Waals surface area (Å²) in [4.78, 5) is 17.9. The molecule has 3 aliphatic carbocycles. The normalized spacial score (nSPS) is 32.6. The molecule has 3 unspecified atom stereocenters. The van der Waals surface area contributed by atoms with Crippen LogP contribution < -0.4 is 0 Å². The van der Waals surface area contributed by atoms with Crippen LogP contribution >= 0.6 is 0 Å². The number of carbonyl (C=O) groups excluding carboxylic acids is 1. The average molecular weight is 477 g/mol. The van der Waals surface area contributed by atoms with Gasteiger partial charge in [0.15, 0.2) is 0 Å². The highest BCUT2D eigenvalue weighted by molar-refractivity contribution is 5.76. The maximum atomic E-state index is 13.4. The number of aromatic hydroxyl groups is 1.